The van der Waals surface area contributed by atoms with Gasteiger partial charge in [0.2, 0.25) is 0 Å². The van der Waals surface area contributed by atoms with Gasteiger partial charge in [0.05, 0.1) is 12.2 Å². The van der Waals surface area contributed by atoms with Gasteiger partial charge in [0, 0.05) is 18.0 Å². The minimum Gasteiger partial charge on any atom is -0.462 e. The maximum Gasteiger partial charge on any atom is 0.338 e. The summed E-state index contributed by atoms with van der Waals surface area (Å²) < 4.78 is 5.15. The van der Waals surface area contributed by atoms with Crippen LogP contribution in [0, 0.1) is 0 Å². The summed E-state index contributed by atoms with van der Waals surface area (Å²) in [5, 5.41) is 0. The minimum absolute atomic E-state index is 0.282. The average Bonchev–Trinajstić information content (AvgIpc) is 2.74. The molecular weight excluding hydrogens is 348 g/mol. The third-order valence-corrected chi connectivity index (χ3v) is 4.84. The number of unbranched alkanes of at least 4 members (excludes halogenated alkanes) is 7. The molecule has 0 aliphatic heterocycles. The fourth-order valence-electron chi connectivity index (χ4n) is 3.13. The average molecular weight is 383 g/mol. The maximum atomic E-state index is 11.9. The molecule has 4 heteroatoms. The largest absolute Gasteiger partial charge is 0.462 e. The zero-order valence-corrected chi connectivity index (χ0v) is 17.5. The summed E-state index contributed by atoms with van der Waals surface area (Å²) in [5.41, 5.74) is 2.66. The molecule has 1 heterocycles. The Morgan fingerprint density at radius 1 is 0.821 bits per heavy atom. The molecule has 1 aromatic heterocycles. The van der Waals surface area contributed by atoms with Crippen molar-refractivity contribution in [3.63, 3.8) is 0 Å². The molecule has 4 nitrogen and oxygen atoms in total. The number of benzene rings is 1. The summed E-state index contributed by atoms with van der Waals surface area (Å²) in [4.78, 5) is 20.8. The standard InChI is InChI=1S/C24H34N2O2/c1-3-5-6-7-8-9-10-11-12-20-18-25-23(26-19-20)21-13-15-22(16-14-21)24(27)28-17-4-2/h13-16,18-19H,3-12,17H2,1-2H3. The number of carbonyl (C=O) groups is 1. The van der Waals surface area contributed by atoms with Crippen LogP contribution in [0.15, 0.2) is 36.7 Å². The fraction of sp³-hybridized carbons (Fsp3) is 0.542. The third-order valence-electron chi connectivity index (χ3n) is 4.84. The Hall–Kier alpha value is -2.23. The Kier molecular flexibility index (Phi) is 10.3. The summed E-state index contributed by atoms with van der Waals surface area (Å²) in [6, 6.07) is 7.28. The molecular formula is C24H34N2O2. The van der Waals surface area contributed by atoms with Crippen LogP contribution in [0.2, 0.25) is 0 Å². The van der Waals surface area contributed by atoms with Gasteiger partial charge in [0.25, 0.3) is 0 Å². The Morgan fingerprint density at radius 3 is 2.04 bits per heavy atom. The van der Waals surface area contributed by atoms with Gasteiger partial charge in [0.1, 0.15) is 0 Å². The van der Waals surface area contributed by atoms with Crippen molar-refractivity contribution in [1.29, 1.82) is 0 Å². The van der Waals surface area contributed by atoms with Crippen molar-refractivity contribution in [2.24, 2.45) is 0 Å². The Bertz CT molecular complexity index is 681. The van der Waals surface area contributed by atoms with E-state index in [0.29, 0.717) is 18.0 Å². The van der Waals surface area contributed by atoms with Gasteiger partial charge in [-0.15, -0.1) is 0 Å². The highest BCUT2D eigenvalue weighted by molar-refractivity contribution is 5.89. The highest BCUT2D eigenvalue weighted by atomic mass is 16.5. The molecule has 152 valence electrons. The van der Waals surface area contributed by atoms with E-state index in [1.807, 2.05) is 31.5 Å². The Labute approximate surface area is 169 Å². The topological polar surface area (TPSA) is 52.1 Å². The zero-order chi connectivity index (χ0) is 20.0. The first kappa shape index (κ1) is 22.1. The number of carbonyl (C=O) groups excluding carboxylic acids is 1. The van der Waals surface area contributed by atoms with Crippen LogP contribution >= 0.6 is 0 Å². The number of nitrogens with zero attached hydrogens (tertiary/aromatic N) is 2. The van der Waals surface area contributed by atoms with Crippen LogP contribution in [-0.2, 0) is 11.2 Å². The molecule has 0 unspecified atom stereocenters. The van der Waals surface area contributed by atoms with E-state index < -0.39 is 0 Å². The quantitative estimate of drug-likeness (QED) is 0.297. The van der Waals surface area contributed by atoms with E-state index in [1.54, 1.807) is 12.1 Å². The molecule has 0 atom stereocenters. The number of aromatic nitrogens is 2. The highest BCUT2D eigenvalue weighted by Gasteiger charge is 2.08. The first-order chi connectivity index (χ1) is 13.7. The van der Waals surface area contributed by atoms with Crippen LogP contribution in [0.3, 0.4) is 0 Å². The van der Waals surface area contributed by atoms with Gasteiger partial charge in [-0.25, -0.2) is 14.8 Å². The van der Waals surface area contributed by atoms with Crippen molar-refractivity contribution < 1.29 is 9.53 Å². The first-order valence-corrected chi connectivity index (χ1v) is 10.8. The molecule has 0 aliphatic carbocycles. The van der Waals surface area contributed by atoms with Gasteiger partial charge >= 0.3 is 5.97 Å². The summed E-state index contributed by atoms with van der Waals surface area (Å²) in [5.74, 6) is 0.406. The molecule has 28 heavy (non-hydrogen) atoms. The van der Waals surface area contributed by atoms with Crippen LogP contribution in [0.25, 0.3) is 11.4 Å². The highest BCUT2D eigenvalue weighted by Crippen LogP contribution is 2.17. The molecule has 2 rings (SSSR count). The molecule has 0 bridgehead atoms. The van der Waals surface area contributed by atoms with Crippen molar-refractivity contribution in [1.82, 2.24) is 9.97 Å². The molecule has 0 spiro atoms. The predicted octanol–water partition coefficient (Wildman–Crippen LogP) is 6.39. The van der Waals surface area contributed by atoms with Gasteiger partial charge in [-0.05, 0) is 37.0 Å². The van der Waals surface area contributed by atoms with E-state index in [0.717, 1.165) is 18.4 Å². The van der Waals surface area contributed by atoms with E-state index >= 15 is 0 Å². The molecule has 2 aromatic rings. The number of rotatable bonds is 13. The molecule has 0 amide bonds. The minimum atomic E-state index is -0.282. The molecule has 0 saturated heterocycles. The Balaban J connectivity index is 1.75. The second kappa shape index (κ2) is 13.0. The van der Waals surface area contributed by atoms with Gasteiger partial charge in [0.15, 0.2) is 5.82 Å². The maximum absolute atomic E-state index is 11.9. The number of hydrogen-bond acceptors (Lipinski definition) is 4. The van der Waals surface area contributed by atoms with Crippen molar-refractivity contribution in [2.75, 3.05) is 6.61 Å². The van der Waals surface area contributed by atoms with E-state index in [9.17, 15) is 4.79 Å². The van der Waals surface area contributed by atoms with Crippen molar-refractivity contribution >= 4 is 5.97 Å². The van der Waals surface area contributed by atoms with Gasteiger partial charge in [-0.3, -0.25) is 0 Å². The van der Waals surface area contributed by atoms with E-state index in [4.69, 9.17) is 4.74 Å². The van der Waals surface area contributed by atoms with Crippen molar-refractivity contribution in [2.45, 2.75) is 78.1 Å². The van der Waals surface area contributed by atoms with Crippen molar-refractivity contribution in [3.05, 3.63) is 47.8 Å². The summed E-state index contributed by atoms with van der Waals surface area (Å²) in [6.07, 6.45) is 16.3. The lowest BCUT2D eigenvalue weighted by molar-refractivity contribution is 0.0505. The SMILES string of the molecule is CCCCCCCCCCc1cnc(-c2ccc(C(=O)OCCC)cc2)nc1. The van der Waals surface area contributed by atoms with Crippen LogP contribution in [-0.4, -0.2) is 22.5 Å². The second-order valence-corrected chi connectivity index (χ2v) is 7.35. The zero-order valence-electron chi connectivity index (χ0n) is 17.5. The van der Waals surface area contributed by atoms with E-state index in [-0.39, 0.29) is 5.97 Å². The van der Waals surface area contributed by atoms with Gasteiger partial charge < -0.3 is 4.74 Å². The number of aryl methyl sites for hydroxylation is 1. The summed E-state index contributed by atoms with van der Waals surface area (Å²) >= 11 is 0. The first-order valence-electron chi connectivity index (χ1n) is 10.8. The van der Waals surface area contributed by atoms with Crippen LogP contribution in [0.5, 0.6) is 0 Å². The van der Waals surface area contributed by atoms with E-state index in [1.165, 1.54) is 56.9 Å². The number of ether oxygens (including phenoxy) is 1. The Morgan fingerprint density at radius 2 is 1.43 bits per heavy atom. The third kappa shape index (κ3) is 7.79. The summed E-state index contributed by atoms with van der Waals surface area (Å²) in [7, 11) is 0. The smallest absolute Gasteiger partial charge is 0.338 e. The monoisotopic (exact) mass is 382 g/mol. The fourth-order valence-corrected chi connectivity index (χ4v) is 3.13. The van der Waals surface area contributed by atoms with Gasteiger partial charge in [-0.2, -0.15) is 0 Å². The summed E-state index contributed by atoms with van der Waals surface area (Å²) in [6.45, 7) is 4.68. The second-order valence-electron chi connectivity index (χ2n) is 7.35. The number of hydrogen-bond donors (Lipinski definition) is 0. The van der Waals surface area contributed by atoms with Gasteiger partial charge in [-0.1, -0.05) is 70.9 Å². The van der Waals surface area contributed by atoms with E-state index in [2.05, 4.69) is 16.9 Å². The van der Waals surface area contributed by atoms with Crippen LogP contribution < -0.4 is 0 Å². The van der Waals surface area contributed by atoms with Crippen molar-refractivity contribution in [3.8, 4) is 11.4 Å². The molecule has 0 fully saturated rings. The van der Waals surface area contributed by atoms with Crippen LogP contribution in [0.4, 0.5) is 0 Å². The number of esters is 1. The lowest BCUT2D eigenvalue weighted by atomic mass is 10.1. The molecule has 0 aliphatic rings. The molecule has 0 saturated carbocycles. The lowest BCUT2D eigenvalue weighted by Gasteiger charge is -2.05. The molecule has 0 radical (unpaired) electrons. The molecule has 0 N–H and O–H groups in total. The molecule has 1 aromatic carbocycles. The lowest BCUT2D eigenvalue weighted by Crippen LogP contribution is -2.05. The normalized spacial score (nSPS) is 10.8. The predicted molar refractivity (Wildman–Crippen MR) is 114 cm³/mol. The van der Waals surface area contributed by atoms with Crippen LogP contribution in [0.1, 0.15) is 87.6 Å².